The molecule has 1 radical (unpaired) electrons. The van der Waals surface area contributed by atoms with E-state index in [0.717, 1.165) is 0 Å². The lowest BCUT2D eigenvalue weighted by Gasteiger charge is -1.93. The van der Waals surface area contributed by atoms with Gasteiger partial charge in [-0.05, 0) is 6.42 Å². The van der Waals surface area contributed by atoms with Crippen molar-refractivity contribution in [1.82, 2.24) is 4.72 Å². The highest BCUT2D eigenvalue weighted by Gasteiger charge is 1.97. The molecule has 0 rings (SSSR count). The first-order chi connectivity index (χ1) is 3.56. The van der Waals surface area contributed by atoms with Gasteiger partial charge in [0, 0.05) is 6.54 Å². The number of hydrogen-bond acceptors (Lipinski definition) is 2. The third-order valence-electron chi connectivity index (χ3n) is 0.436. The van der Waals surface area contributed by atoms with Crippen LogP contribution < -0.4 is 4.72 Å². The molecule has 8 heavy (non-hydrogen) atoms. The van der Waals surface area contributed by atoms with Crippen molar-refractivity contribution in [2.24, 2.45) is 0 Å². The normalized spacial score (nSPS) is 11.8. The quantitative estimate of drug-likeness (QED) is 0.537. The molecule has 0 heterocycles. The van der Waals surface area contributed by atoms with E-state index in [9.17, 15) is 8.42 Å². The monoisotopic (exact) mass is 138 g/mol. The highest BCUT2D eigenvalue weighted by atomic mass is 32.2. The van der Waals surface area contributed by atoms with E-state index < -0.39 is 10.3 Å². The molecule has 0 amide bonds. The van der Waals surface area contributed by atoms with Crippen molar-refractivity contribution < 1.29 is 13.0 Å². The van der Waals surface area contributed by atoms with Gasteiger partial charge in [-0.1, -0.05) is 6.92 Å². The Morgan fingerprint density at radius 2 is 2.25 bits per heavy atom. The summed E-state index contributed by atoms with van der Waals surface area (Å²) in [6, 6.07) is 0. The van der Waals surface area contributed by atoms with Crippen molar-refractivity contribution in [3.63, 3.8) is 0 Å². The fourth-order valence-electron chi connectivity index (χ4n) is 0.189. The predicted molar refractivity (Wildman–Crippen MR) is 29.3 cm³/mol. The zero-order valence-electron chi connectivity index (χ0n) is 4.46. The van der Waals surface area contributed by atoms with Gasteiger partial charge >= 0.3 is 10.3 Å². The van der Waals surface area contributed by atoms with Crippen LogP contribution in [0.3, 0.4) is 0 Å². The topological polar surface area (TPSA) is 66.4 Å². The largest absolute Gasteiger partial charge is 0.333 e. The molecule has 4 nitrogen and oxygen atoms in total. The van der Waals surface area contributed by atoms with E-state index in [1.165, 1.54) is 6.54 Å². The molecule has 0 aromatic carbocycles. The summed E-state index contributed by atoms with van der Waals surface area (Å²) in [5, 5.41) is 0. The Morgan fingerprint density at radius 3 is 2.38 bits per heavy atom. The van der Waals surface area contributed by atoms with Gasteiger partial charge in [0.15, 0.2) is 0 Å². The second-order valence-corrected chi connectivity index (χ2v) is 2.39. The lowest BCUT2D eigenvalue weighted by Crippen LogP contribution is -2.18. The Labute approximate surface area is 48.8 Å². The van der Waals surface area contributed by atoms with Crippen LogP contribution in [-0.2, 0) is 10.3 Å². The van der Waals surface area contributed by atoms with Crippen molar-refractivity contribution in [2.45, 2.75) is 13.3 Å². The van der Waals surface area contributed by atoms with E-state index in [1.54, 1.807) is 11.6 Å². The summed E-state index contributed by atoms with van der Waals surface area (Å²) in [6.45, 7) is 2.99. The van der Waals surface area contributed by atoms with Crippen molar-refractivity contribution in [3.05, 3.63) is 6.54 Å². The molecular formula is C3H8NO3S. The third kappa shape index (κ3) is 5.87. The van der Waals surface area contributed by atoms with Crippen molar-refractivity contribution in [2.75, 3.05) is 0 Å². The van der Waals surface area contributed by atoms with Crippen LogP contribution in [0.4, 0.5) is 0 Å². The second-order valence-electron chi connectivity index (χ2n) is 1.21. The van der Waals surface area contributed by atoms with Crippen LogP contribution in [0.2, 0.25) is 0 Å². The van der Waals surface area contributed by atoms with Gasteiger partial charge in [-0.25, -0.2) is 0 Å². The molecule has 0 saturated heterocycles. The molecule has 0 aromatic heterocycles. The Morgan fingerprint density at radius 1 is 1.75 bits per heavy atom. The van der Waals surface area contributed by atoms with Gasteiger partial charge in [0.05, 0.1) is 0 Å². The van der Waals surface area contributed by atoms with Crippen molar-refractivity contribution >= 4 is 10.3 Å². The van der Waals surface area contributed by atoms with Gasteiger partial charge in [-0.2, -0.15) is 13.1 Å². The Balaban J connectivity index is 3.42. The van der Waals surface area contributed by atoms with E-state index in [4.69, 9.17) is 4.55 Å². The molecule has 0 atom stereocenters. The molecule has 49 valence electrons. The molecule has 0 unspecified atom stereocenters. The smallest absolute Gasteiger partial charge is 0.273 e. The van der Waals surface area contributed by atoms with E-state index in [1.807, 2.05) is 0 Å². The molecule has 0 spiro atoms. The Bertz CT molecular complexity index is 139. The highest BCUT2D eigenvalue weighted by molar-refractivity contribution is 7.83. The molecule has 0 aromatic rings. The lowest BCUT2D eigenvalue weighted by atomic mass is 10.5. The predicted octanol–water partition coefficient (Wildman–Crippen LogP) is -0.0494. The maximum Gasteiger partial charge on any atom is 0.333 e. The zero-order valence-corrected chi connectivity index (χ0v) is 5.27. The minimum atomic E-state index is -3.99. The van der Waals surface area contributed by atoms with E-state index in [2.05, 4.69) is 0 Å². The molecule has 0 aliphatic carbocycles. The van der Waals surface area contributed by atoms with Crippen LogP contribution in [0, 0.1) is 6.54 Å². The minimum absolute atomic E-state index is 0.555. The molecule has 0 aliphatic heterocycles. The van der Waals surface area contributed by atoms with Gasteiger partial charge < -0.3 is 0 Å². The first kappa shape index (κ1) is 7.87. The average Bonchev–Trinajstić information content (AvgIpc) is 1.59. The van der Waals surface area contributed by atoms with Crippen molar-refractivity contribution in [3.8, 4) is 0 Å². The Kier molecular flexibility index (Phi) is 2.96. The van der Waals surface area contributed by atoms with Gasteiger partial charge in [0.25, 0.3) is 0 Å². The highest BCUT2D eigenvalue weighted by Crippen LogP contribution is 1.80. The summed E-state index contributed by atoms with van der Waals surface area (Å²) in [5.74, 6) is 0. The van der Waals surface area contributed by atoms with Crippen LogP contribution in [0.1, 0.15) is 13.3 Å². The van der Waals surface area contributed by atoms with E-state index >= 15 is 0 Å². The van der Waals surface area contributed by atoms with Crippen molar-refractivity contribution in [1.29, 1.82) is 0 Å². The zero-order chi connectivity index (χ0) is 6.62. The second kappa shape index (κ2) is 3.01. The average molecular weight is 138 g/mol. The van der Waals surface area contributed by atoms with E-state index in [-0.39, 0.29) is 0 Å². The SMILES string of the molecule is CC[CH]NS(=O)(=O)O. The van der Waals surface area contributed by atoms with Gasteiger partial charge in [0.1, 0.15) is 0 Å². The molecule has 2 N–H and O–H groups in total. The lowest BCUT2D eigenvalue weighted by molar-refractivity contribution is 0.472. The van der Waals surface area contributed by atoms with Crippen LogP contribution in [0.25, 0.3) is 0 Å². The maximum atomic E-state index is 9.80. The summed E-state index contributed by atoms with van der Waals surface area (Å²) in [6.07, 6.45) is 0.555. The first-order valence-electron chi connectivity index (χ1n) is 2.12. The van der Waals surface area contributed by atoms with Crippen LogP contribution in [0.5, 0.6) is 0 Å². The Hall–Kier alpha value is -0.130. The summed E-state index contributed by atoms with van der Waals surface area (Å²) in [4.78, 5) is 0. The molecule has 0 bridgehead atoms. The summed E-state index contributed by atoms with van der Waals surface area (Å²) in [5.41, 5.74) is 0. The molecule has 0 aliphatic rings. The summed E-state index contributed by atoms with van der Waals surface area (Å²) in [7, 11) is -3.99. The fraction of sp³-hybridized carbons (Fsp3) is 0.667. The van der Waals surface area contributed by atoms with E-state index in [0.29, 0.717) is 6.42 Å². The standard InChI is InChI=1S/C3H8NO3S/c1-2-3-4-8(5,6)7/h3-4H,2H2,1H3,(H,5,6,7). The van der Waals surface area contributed by atoms with Crippen LogP contribution >= 0.6 is 0 Å². The number of rotatable bonds is 3. The molecular weight excluding hydrogens is 130 g/mol. The van der Waals surface area contributed by atoms with Crippen LogP contribution in [0.15, 0.2) is 0 Å². The fourth-order valence-corrected chi connectivity index (χ4v) is 0.566. The third-order valence-corrected chi connectivity index (χ3v) is 0.901. The van der Waals surface area contributed by atoms with Crippen LogP contribution in [-0.4, -0.2) is 13.0 Å². The summed E-state index contributed by atoms with van der Waals surface area (Å²) >= 11 is 0. The van der Waals surface area contributed by atoms with Gasteiger partial charge in [-0.15, -0.1) is 0 Å². The molecule has 0 saturated carbocycles. The molecule has 5 heteroatoms. The summed E-state index contributed by atoms with van der Waals surface area (Å²) < 4.78 is 29.4. The van der Waals surface area contributed by atoms with Gasteiger partial charge in [0.2, 0.25) is 0 Å². The number of hydrogen-bond donors (Lipinski definition) is 2. The minimum Gasteiger partial charge on any atom is -0.273 e. The maximum absolute atomic E-state index is 9.80. The number of nitrogens with one attached hydrogen (secondary N) is 1. The first-order valence-corrected chi connectivity index (χ1v) is 3.56. The van der Waals surface area contributed by atoms with Gasteiger partial charge in [-0.3, -0.25) is 4.55 Å². The molecule has 0 fully saturated rings.